The molecule has 1 saturated heterocycles. The van der Waals surface area contributed by atoms with E-state index in [9.17, 15) is 0 Å². The normalized spacial score (nSPS) is 17.8. The second-order valence-corrected chi connectivity index (χ2v) is 4.74. The van der Waals surface area contributed by atoms with E-state index in [4.69, 9.17) is 5.73 Å². The molecule has 0 spiro atoms. The number of piperidine rings is 1. The van der Waals surface area contributed by atoms with Crippen LogP contribution < -0.4 is 10.6 Å². The summed E-state index contributed by atoms with van der Waals surface area (Å²) in [4.78, 5) is 2.44. The van der Waals surface area contributed by atoms with Gasteiger partial charge in [0.1, 0.15) is 0 Å². The molecule has 2 heteroatoms. The molecule has 0 amide bonds. The minimum atomic E-state index is 0.413. The van der Waals surface area contributed by atoms with Crippen LogP contribution in [0.3, 0.4) is 0 Å². The van der Waals surface area contributed by atoms with Gasteiger partial charge in [-0.3, -0.25) is 0 Å². The molecule has 1 aliphatic heterocycles. The number of nitrogens with two attached hydrogens (primary N) is 1. The number of benzene rings is 1. The minimum absolute atomic E-state index is 0.413. The Hall–Kier alpha value is -1.02. The average Bonchev–Trinajstić information content (AvgIpc) is 2.32. The Morgan fingerprint density at radius 2 is 1.81 bits per heavy atom. The van der Waals surface area contributed by atoms with E-state index >= 15 is 0 Å². The molecule has 16 heavy (non-hydrogen) atoms. The zero-order chi connectivity index (χ0) is 11.4. The molecule has 1 aromatic rings. The number of anilines is 1. The molecule has 0 radical (unpaired) electrons. The molecule has 2 nitrogen and oxygen atoms in total. The Balaban J connectivity index is 1.98. The summed E-state index contributed by atoms with van der Waals surface area (Å²) in [7, 11) is 0. The van der Waals surface area contributed by atoms with E-state index in [0.717, 1.165) is 25.9 Å². The van der Waals surface area contributed by atoms with Gasteiger partial charge in [0, 0.05) is 24.8 Å². The van der Waals surface area contributed by atoms with Gasteiger partial charge in [-0.05, 0) is 37.0 Å². The highest BCUT2D eigenvalue weighted by Gasteiger charge is 2.15. The maximum atomic E-state index is 5.91. The van der Waals surface area contributed by atoms with Crippen LogP contribution in [-0.2, 0) is 6.42 Å². The Bertz CT molecular complexity index is 310. The molecule has 0 aliphatic carbocycles. The maximum Gasteiger partial charge on any atom is 0.0366 e. The third-order valence-electron chi connectivity index (χ3n) is 3.38. The molecule has 2 N–H and O–H groups in total. The van der Waals surface area contributed by atoms with E-state index in [2.05, 4.69) is 36.1 Å². The summed E-state index contributed by atoms with van der Waals surface area (Å²) in [6.45, 7) is 4.43. The van der Waals surface area contributed by atoms with Crippen molar-refractivity contribution >= 4 is 5.69 Å². The van der Waals surface area contributed by atoms with E-state index in [-0.39, 0.29) is 0 Å². The molecule has 1 aliphatic rings. The second-order valence-electron chi connectivity index (χ2n) is 4.74. The first kappa shape index (κ1) is 11.5. The van der Waals surface area contributed by atoms with Gasteiger partial charge in [0.25, 0.3) is 0 Å². The molecule has 0 atom stereocenters. The van der Waals surface area contributed by atoms with E-state index < -0.39 is 0 Å². The summed E-state index contributed by atoms with van der Waals surface area (Å²) in [6, 6.07) is 9.43. The van der Waals surface area contributed by atoms with Crippen molar-refractivity contribution in [2.24, 2.45) is 5.73 Å². The van der Waals surface area contributed by atoms with Gasteiger partial charge < -0.3 is 10.6 Å². The van der Waals surface area contributed by atoms with Gasteiger partial charge in [-0.15, -0.1) is 0 Å². The third-order valence-corrected chi connectivity index (χ3v) is 3.38. The van der Waals surface area contributed by atoms with Gasteiger partial charge >= 0.3 is 0 Å². The van der Waals surface area contributed by atoms with E-state index in [1.165, 1.54) is 24.1 Å². The fourth-order valence-electron chi connectivity index (χ4n) is 2.32. The van der Waals surface area contributed by atoms with Crippen LogP contribution in [-0.4, -0.2) is 19.1 Å². The van der Waals surface area contributed by atoms with Crippen molar-refractivity contribution in [1.82, 2.24) is 0 Å². The SMILES string of the molecule is CCCc1ccc(N2CCC(N)CC2)cc1. The van der Waals surface area contributed by atoms with Crippen molar-refractivity contribution in [3.8, 4) is 0 Å². The molecule has 0 saturated carbocycles. The summed E-state index contributed by atoms with van der Waals surface area (Å²) in [6.07, 6.45) is 4.65. The highest BCUT2D eigenvalue weighted by Crippen LogP contribution is 2.20. The third kappa shape index (κ3) is 2.76. The van der Waals surface area contributed by atoms with Gasteiger partial charge in [-0.1, -0.05) is 25.5 Å². The Morgan fingerprint density at radius 3 is 2.38 bits per heavy atom. The standard InChI is InChI=1S/C14H22N2/c1-2-3-12-4-6-14(7-5-12)16-10-8-13(15)9-11-16/h4-7,13H,2-3,8-11,15H2,1H3. The molecule has 2 rings (SSSR count). The van der Waals surface area contributed by atoms with Crippen LogP contribution in [0, 0.1) is 0 Å². The largest absolute Gasteiger partial charge is 0.371 e. The second kappa shape index (κ2) is 5.35. The number of hydrogen-bond donors (Lipinski definition) is 1. The summed E-state index contributed by atoms with van der Waals surface area (Å²) in [5, 5.41) is 0. The van der Waals surface area contributed by atoms with Crippen LogP contribution in [0.25, 0.3) is 0 Å². The quantitative estimate of drug-likeness (QED) is 0.845. The van der Waals surface area contributed by atoms with Crippen molar-refractivity contribution < 1.29 is 0 Å². The van der Waals surface area contributed by atoms with Gasteiger partial charge in [0.05, 0.1) is 0 Å². The van der Waals surface area contributed by atoms with E-state index in [1.807, 2.05) is 0 Å². The summed E-state index contributed by atoms with van der Waals surface area (Å²) in [5.41, 5.74) is 8.71. The molecular weight excluding hydrogens is 196 g/mol. The van der Waals surface area contributed by atoms with Crippen molar-refractivity contribution in [3.63, 3.8) is 0 Å². The highest BCUT2D eigenvalue weighted by molar-refractivity contribution is 5.48. The molecule has 0 bridgehead atoms. The smallest absolute Gasteiger partial charge is 0.0366 e. The first-order chi connectivity index (χ1) is 7.79. The van der Waals surface area contributed by atoms with E-state index in [1.54, 1.807) is 0 Å². The molecule has 1 heterocycles. The maximum absolute atomic E-state index is 5.91. The fraction of sp³-hybridized carbons (Fsp3) is 0.571. The summed E-state index contributed by atoms with van der Waals surface area (Å²) < 4.78 is 0. The Morgan fingerprint density at radius 1 is 1.19 bits per heavy atom. The van der Waals surface area contributed by atoms with Crippen LogP contribution in [0.2, 0.25) is 0 Å². The van der Waals surface area contributed by atoms with Crippen LogP contribution in [0.5, 0.6) is 0 Å². The molecular formula is C14H22N2. The van der Waals surface area contributed by atoms with Crippen molar-refractivity contribution in [3.05, 3.63) is 29.8 Å². The molecule has 1 fully saturated rings. The van der Waals surface area contributed by atoms with Gasteiger partial charge in [0.2, 0.25) is 0 Å². The number of nitrogens with zero attached hydrogens (tertiary/aromatic N) is 1. The van der Waals surface area contributed by atoms with E-state index in [0.29, 0.717) is 6.04 Å². The van der Waals surface area contributed by atoms with Gasteiger partial charge in [-0.25, -0.2) is 0 Å². The van der Waals surface area contributed by atoms with Crippen molar-refractivity contribution in [1.29, 1.82) is 0 Å². The lowest BCUT2D eigenvalue weighted by molar-refractivity contribution is 0.501. The first-order valence-electron chi connectivity index (χ1n) is 6.39. The lowest BCUT2D eigenvalue weighted by Gasteiger charge is -2.32. The van der Waals surface area contributed by atoms with Gasteiger partial charge in [-0.2, -0.15) is 0 Å². The predicted molar refractivity (Wildman–Crippen MR) is 69.9 cm³/mol. The molecule has 88 valence electrons. The van der Waals surface area contributed by atoms with Crippen molar-refractivity contribution in [2.45, 2.75) is 38.6 Å². The highest BCUT2D eigenvalue weighted by atomic mass is 15.1. The first-order valence-corrected chi connectivity index (χ1v) is 6.39. The Labute approximate surface area is 98.4 Å². The molecule has 0 aromatic heterocycles. The lowest BCUT2D eigenvalue weighted by atomic mass is 10.0. The lowest BCUT2D eigenvalue weighted by Crippen LogP contribution is -2.39. The molecule has 1 aromatic carbocycles. The fourth-order valence-corrected chi connectivity index (χ4v) is 2.32. The topological polar surface area (TPSA) is 29.3 Å². The van der Waals surface area contributed by atoms with Crippen LogP contribution >= 0.6 is 0 Å². The van der Waals surface area contributed by atoms with Crippen molar-refractivity contribution in [2.75, 3.05) is 18.0 Å². The monoisotopic (exact) mass is 218 g/mol. The number of hydrogen-bond acceptors (Lipinski definition) is 2. The van der Waals surface area contributed by atoms with Crippen LogP contribution in [0.4, 0.5) is 5.69 Å². The molecule has 0 unspecified atom stereocenters. The number of rotatable bonds is 3. The van der Waals surface area contributed by atoms with Gasteiger partial charge in [0.15, 0.2) is 0 Å². The predicted octanol–water partition coefficient (Wildman–Crippen LogP) is 2.57. The average molecular weight is 218 g/mol. The van der Waals surface area contributed by atoms with Crippen LogP contribution in [0.15, 0.2) is 24.3 Å². The Kier molecular flexibility index (Phi) is 3.83. The minimum Gasteiger partial charge on any atom is -0.371 e. The zero-order valence-electron chi connectivity index (χ0n) is 10.2. The van der Waals surface area contributed by atoms with Crippen LogP contribution in [0.1, 0.15) is 31.7 Å². The summed E-state index contributed by atoms with van der Waals surface area (Å²) >= 11 is 0. The zero-order valence-corrected chi connectivity index (χ0v) is 10.2. The summed E-state index contributed by atoms with van der Waals surface area (Å²) in [5.74, 6) is 0. The number of aryl methyl sites for hydroxylation is 1.